The van der Waals surface area contributed by atoms with E-state index in [1.165, 1.54) is 11.3 Å². The number of pyridine rings is 1. The summed E-state index contributed by atoms with van der Waals surface area (Å²) in [6, 6.07) is 18.0. The number of nitrogen functional groups attached to an aromatic ring is 1. The Morgan fingerprint density at radius 1 is 1.00 bits per heavy atom. The second kappa shape index (κ2) is 10.0. The zero-order valence-corrected chi connectivity index (χ0v) is 20.0. The smallest absolute Gasteiger partial charge is 0.241 e. The fourth-order valence-corrected chi connectivity index (χ4v) is 5.25. The van der Waals surface area contributed by atoms with Crippen molar-refractivity contribution in [3.8, 4) is 0 Å². The summed E-state index contributed by atoms with van der Waals surface area (Å²) in [5, 5.41) is 0.625. The summed E-state index contributed by atoms with van der Waals surface area (Å²) in [5.74, 6) is 0.627. The quantitative estimate of drug-likeness (QED) is 0.547. The molecule has 2 aliphatic rings. The van der Waals surface area contributed by atoms with E-state index < -0.39 is 0 Å². The minimum absolute atomic E-state index is 0.147. The normalized spacial score (nSPS) is 17.5. The first-order chi connectivity index (χ1) is 16.6. The minimum atomic E-state index is 0.147. The number of hydrogen-bond donors (Lipinski definition) is 1. The van der Waals surface area contributed by atoms with Gasteiger partial charge in [-0.05, 0) is 60.2 Å². The third-order valence-electron chi connectivity index (χ3n) is 6.92. The summed E-state index contributed by atoms with van der Waals surface area (Å²) in [7, 11) is 0. The molecule has 0 spiro atoms. The molecule has 1 aromatic heterocycles. The first-order valence-corrected chi connectivity index (χ1v) is 12.2. The summed E-state index contributed by atoms with van der Waals surface area (Å²) in [4.78, 5) is 24.2. The van der Waals surface area contributed by atoms with Gasteiger partial charge < -0.3 is 15.5 Å². The topological polar surface area (TPSA) is 65.7 Å². The molecule has 176 valence electrons. The average molecular weight is 476 g/mol. The van der Waals surface area contributed by atoms with E-state index in [2.05, 4.69) is 45.1 Å². The lowest BCUT2D eigenvalue weighted by Crippen LogP contribution is -2.43. The van der Waals surface area contributed by atoms with Crippen LogP contribution in [0.5, 0.6) is 0 Å². The number of carbonyl (C=O) groups excluding carboxylic acids is 1. The van der Waals surface area contributed by atoms with Crippen LogP contribution in [0.3, 0.4) is 0 Å². The Kier molecular flexibility index (Phi) is 6.70. The number of nitrogens with zero attached hydrogens (tertiary/aromatic N) is 4. The summed E-state index contributed by atoms with van der Waals surface area (Å²) >= 11 is 6.07. The Labute approximate surface area is 205 Å². The molecule has 3 aromatic rings. The van der Waals surface area contributed by atoms with Gasteiger partial charge in [0.15, 0.2) is 0 Å². The van der Waals surface area contributed by atoms with Gasteiger partial charge in [-0.25, -0.2) is 0 Å². The Morgan fingerprint density at radius 2 is 1.76 bits per heavy atom. The van der Waals surface area contributed by atoms with Crippen molar-refractivity contribution in [2.45, 2.75) is 25.9 Å². The molecule has 2 N–H and O–H groups in total. The second-order valence-electron chi connectivity index (χ2n) is 9.26. The van der Waals surface area contributed by atoms with Crippen LogP contribution >= 0.6 is 11.6 Å². The van der Waals surface area contributed by atoms with Crippen LogP contribution in [0.2, 0.25) is 5.02 Å². The summed E-state index contributed by atoms with van der Waals surface area (Å²) in [5.41, 5.74) is 11.3. The molecule has 7 heteroatoms. The van der Waals surface area contributed by atoms with Crippen molar-refractivity contribution in [2.24, 2.45) is 5.92 Å². The van der Waals surface area contributed by atoms with E-state index in [9.17, 15) is 4.79 Å². The van der Waals surface area contributed by atoms with Gasteiger partial charge >= 0.3 is 0 Å². The number of benzene rings is 2. The molecular formula is C27H30ClN5O. The number of piperidine rings is 1. The molecule has 0 atom stereocenters. The SMILES string of the molecule is Nc1cc(Cl)ccc1CN1CC(=O)N(CC2CCN(c3ccncc3)CC2)c2ccccc2C1. The number of aromatic nitrogens is 1. The van der Waals surface area contributed by atoms with Crippen molar-refractivity contribution in [3.63, 3.8) is 0 Å². The lowest BCUT2D eigenvalue weighted by Gasteiger charge is -2.36. The molecule has 0 radical (unpaired) electrons. The lowest BCUT2D eigenvalue weighted by molar-refractivity contribution is -0.119. The van der Waals surface area contributed by atoms with Crippen LogP contribution in [0.4, 0.5) is 17.1 Å². The molecule has 0 unspecified atom stereocenters. The number of fused-ring (bicyclic) bond motifs is 1. The van der Waals surface area contributed by atoms with Gasteiger partial charge in [-0.2, -0.15) is 0 Å². The number of rotatable bonds is 5. The fourth-order valence-electron chi connectivity index (χ4n) is 5.07. The average Bonchev–Trinajstić information content (AvgIpc) is 2.98. The molecule has 2 aromatic carbocycles. The monoisotopic (exact) mass is 475 g/mol. The number of halogens is 1. The van der Waals surface area contributed by atoms with E-state index in [1.807, 2.05) is 35.5 Å². The van der Waals surface area contributed by atoms with Crippen LogP contribution in [-0.4, -0.2) is 42.0 Å². The van der Waals surface area contributed by atoms with Crippen LogP contribution in [0, 0.1) is 5.92 Å². The number of para-hydroxylation sites is 1. The molecule has 2 aliphatic heterocycles. The maximum Gasteiger partial charge on any atom is 0.241 e. The van der Waals surface area contributed by atoms with Crippen molar-refractivity contribution < 1.29 is 4.79 Å². The first-order valence-electron chi connectivity index (χ1n) is 11.9. The number of nitrogens with two attached hydrogens (primary N) is 1. The largest absolute Gasteiger partial charge is 0.398 e. The number of anilines is 3. The van der Waals surface area contributed by atoms with Crippen molar-refractivity contribution in [3.05, 3.63) is 83.1 Å². The minimum Gasteiger partial charge on any atom is -0.398 e. The van der Waals surface area contributed by atoms with Gasteiger partial charge in [0, 0.05) is 67.2 Å². The van der Waals surface area contributed by atoms with Crippen molar-refractivity contribution >= 4 is 34.6 Å². The highest BCUT2D eigenvalue weighted by Gasteiger charge is 2.30. The molecule has 1 amide bonds. The van der Waals surface area contributed by atoms with Gasteiger partial charge in [-0.3, -0.25) is 14.7 Å². The van der Waals surface area contributed by atoms with Crippen LogP contribution in [0.15, 0.2) is 67.0 Å². The van der Waals surface area contributed by atoms with Crippen LogP contribution < -0.4 is 15.5 Å². The number of carbonyl (C=O) groups is 1. The highest BCUT2D eigenvalue weighted by molar-refractivity contribution is 6.30. The molecule has 1 saturated heterocycles. The Morgan fingerprint density at radius 3 is 2.53 bits per heavy atom. The molecule has 34 heavy (non-hydrogen) atoms. The zero-order chi connectivity index (χ0) is 23.5. The van der Waals surface area contributed by atoms with E-state index in [1.54, 1.807) is 6.07 Å². The predicted octanol–water partition coefficient (Wildman–Crippen LogP) is 4.58. The highest BCUT2D eigenvalue weighted by Crippen LogP contribution is 2.31. The van der Waals surface area contributed by atoms with Crippen molar-refractivity contribution in [1.82, 2.24) is 9.88 Å². The summed E-state index contributed by atoms with van der Waals surface area (Å²) in [6.45, 7) is 4.45. The molecule has 1 fully saturated rings. The summed E-state index contributed by atoms with van der Waals surface area (Å²) < 4.78 is 0. The van der Waals surface area contributed by atoms with Crippen LogP contribution in [-0.2, 0) is 17.9 Å². The van der Waals surface area contributed by atoms with Crippen molar-refractivity contribution in [1.29, 1.82) is 0 Å². The molecule has 0 saturated carbocycles. The van der Waals surface area contributed by atoms with Crippen LogP contribution in [0.25, 0.3) is 0 Å². The van der Waals surface area contributed by atoms with Gasteiger partial charge in [0.25, 0.3) is 0 Å². The maximum absolute atomic E-state index is 13.5. The second-order valence-corrected chi connectivity index (χ2v) is 9.69. The number of amides is 1. The lowest BCUT2D eigenvalue weighted by atomic mass is 9.95. The van der Waals surface area contributed by atoms with Crippen molar-refractivity contribution in [2.75, 3.05) is 41.7 Å². The fraction of sp³-hybridized carbons (Fsp3) is 0.333. The van der Waals surface area contributed by atoms with E-state index >= 15 is 0 Å². The Bertz CT molecular complexity index is 1150. The Hall–Kier alpha value is -3.09. The number of hydrogen-bond acceptors (Lipinski definition) is 5. The van der Waals surface area contributed by atoms with E-state index in [4.69, 9.17) is 17.3 Å². The molecule has 3 heterocycles. The maximum atomic E-state index is 13.5. The standard InChI is InChI=1S/C27H30ClN5O/c28-23-6-5-21(25(29)15-23)17-31-18-22-3-1-2-4-26(22)33(27(34)19-31)16-20-9-13-32(14-10-20)24-7-11-30-12-8-24/h1-8,11-12,15,20H,9-10,13-14,16-19,29H2. The van der Waals surface area contributed by atoms with Gasteiger partial charge in [-0.1, -0.05) is 35.9 Å². The van der Waals surface area contributed by atoms with E-state index in [-0.39, 0.29) is 5.91 Å². The Balaban J connectivity index is 1.29. The molecule has 5 rings (SSSR count). The third-order valence-corrected chi connectivity index (χ3v) is 7.16. The highest BCUT2D eigenvalue weighted by atomic mass is 35.5. The summed E-state index contributed by atoms with van der Waals surface area (Å²) in [6.07, 6.45) is 5.83. The zero-order valence-electron chi connectivity index (χ0n) is 19.2. The molecule has 0 aliphatic carbocycles. The van der Waals surface area contributed by atoms with E-state index in [0.29, 0.717) is 36.3 Å². The van der Waals surface area contributed by atoms with Gasteiger partial charge in [0.2, 0.25) is 5.91 Å². The van der Waals surface area contributed by atoms with Crippen LogP contribution in [0.1, 0.15) is 24.0 Å². The van der Waals surface area contributed by atoms with Gasteiger partial charge in [-0.15, -0.1) is 0 Å². The molecular weight excluding hydrogens is 446 g/mol. The molecule has 0 bridgehead atoms. The van der Waals surface area contributed by atoms with Gasteiger partial charge in [0.05, 0.1) is 6.54 Å². The van der Waals surface area contributed by atoms with Gasteiger partial charge in [0.1, 0.15) is 0 Å². The van der Waals surface area contributed by atoms with E-state index in [0.717, 1.165) is 43.7 Å². The molecule has 6 nitrogen and oxygen atoms in total. The third kappa shape index (κ3) is 5.03. The predicted molar refractivity (Wildman–Crippen MR) is 138 cm³/mol. The first kappa shape index (κ1) is 22.7.